The van der Waals surface area contributed by atoms with E-state index in [9.17, 15) is 14.0 Å². The normalized spacial score (nSPS) is 20.7. The van der Waals surface area contributed by atoms with Gasteiger partial charge in [0.25, 0.3) is 5.91 Å². The number of nitrogens with one attached hydrogen (secondary N) is 1. The number of quaternary nitrogens is 1. The van der Waals surface area contributed by atoms with Gasteiger partial charge in [0.2, 0.25) is 5.91 Å². The molecule has 0 radical (unpaired) electrons. The van der Waals surface area contributed by atoms with Gasteiger partial charge in [0, 0.05) is 0 Å². The minimum absolute atomic E-state index is 0.176. The molecule has 100 valence electrons. The molecular formula is C14H16FN2O2+. The molecule has 1 aromatic carbocycles. The maximum atomic E-state index is 12.9. The Bertz CT molecular complexity index is 513. The molecule has 0 saturated carbocycles. The third kappa shape index (κ3) is 2.56. The van der Waals surface area contributed by atoms with Gasteiger partial charge in [-0.3, -0.25) is 9.59 Å². The van der Waals surface area contributed by atoms with Crippen molar-refractivity contribution >= 4 is 17.5 Å². The number of anilines is 1. The smallest absolute Gasteiger partial charge is 0.292 e. The van der Waals surface area contributed by atoms with Gasteiger partial charge in [-0.05, 0) is 30.3 Å². The van der Waals surface area contributed by atoms with E-state index in [0.29, 0.717) is 12.2 Å². The second-order valence-corrected chi connectivity index (χ2v) is 4.64. The van der Waals surface area contributed by atoms with Gasteiger partial charge in [0.05, 0.1) is 25.7 Å². The number of likely N-dealkylation sites (N-methyl/N-ethyl adjacent to an activating group) is 1. The number of benzene rings is 1. The van der Waals surface area contributed by atoms with Gasteiger partial charge in [-0.1, -0.05) is 6.58 Å². The lowest BCUT2D eigenvalue weighted by Gasteiger charge is -2.18. The van der Waals surface area contributed by atoms with Crippen molar-refractivity contribution in [3.8, 4) is 0 Å². The lowest BCUT2D eigenvalue weighted by Crippen LogP contribution is -3.13. The van der Waals surface area contributed by atoms with E-state index in [4.69, 9.17) is 0 Å². The Morgan fingerprint density at radius 3 is 2.63 bits per heavy atom. The Morgan fingerprint density at radius 1 is 1.42 bits per heavy atom. The molecule has 2 rings (SSSR count). The van der Waals surface area contributed by atoms with Gasteiger partial charge in [-0.25, -0.2) is 9.29 Å². The van der Waals surface area contributed by atoms with Crippen LogP contribution in [0.25, 0.3) is 0 Å². The lowest BCUT2D eigenvalue weighted by molar-refractivity contribution is -0.888. The van der Waals surface area contributed by atoms with Crippen LogP contribution >= 0.6 is 0 Å². The summed E-state index contributed by atoms with van der Waals surface area (Å²) in [4.78, 5) is 26.3. The number of imide groups is 1. The van der Waals surface area contributed by atoms with Crippen molar-refractivity contribution in [1.29, 1.82) is 0 Å². The molecule has 2 amide bonds. The summed E-state index contributed by atoms with van der Waals surface area (Å²) >= 11 is 0. The van der Waals surface area contributed by atoms with E-state index in [1.165, 1.54) is 24.3 Å². The topological polar surface area (TPSA) is 41.8 Å². The standard InChI is InChI=1S/C14H15FN2O2/c1-3-8-16(2)12-9-13(18)17(14(12)19)11-6-4-10(15)5-7-11/h3-7,12H,1,8-9H2,2H3/p+1/t12-/m0/s1. The fourth-order valence-corrected chi connectivity index (χ4v) is 2.25. The van der Waals surface area contributed by atoms with E-state index in [2.05, 4.69) is 6.58 Å². The van der Waals surface area contributed by atoms with E-state index in [0.717, 1.165) is 9.80 Å². The molecule has 0 aliphatic carbocycles. The van der Waals surface area contributed by atoms with Gasteiger partial charge >= 0.3 is 0 Å². The summed E-state index contributed by atoms with van der Waals surface area (Å²) in [5.74, 6) is -0.880. The summed E-state index contributed by atoms with van der Waals surface area (Å²) in [6.45, 7) is 4.24. The number of halogens is 1. The molecule has 1 unspecified atom stereocenters. The van der Waals surface area contributed by atoms with E-state index in [1.54, 1.807) is 6.08 Å². The van der Waals surface area contributed by atoms with Gasteiger partial charge in [0.1, 0.15) is 5.82 Å². The highest BCUT2D eigenvalue weighted by Crippen LogP contribution is 2.21. The molecular weight excluding hydrogens is 247 g/mol. The molecule has 1 aliphatic heterocycles. The zero-order valence-electron chi connectivity index (χ0n) is 10.7. The monoisotopic (exact) mass is 263 g/mol. The van der Waals surface area contributed by atoms with Crippen LogP contribution in [0.2, 0.25) is 0 Å². The van der Waals surface area contributed by atoms with Crippen molar-refractivity contribution < 1.29 is 18.9 Å². The van der Waals surface area contributed by atoms with Crippen molar-refractivity contribution in [2.45, 2.75) is 12.5 Å². The summed E-state index contributed by atoms with van der Waals surface area (Å²) in [6.07, 6.45) is 1.89. The highest BCUT2D eigenvalue weighted by molar-refractivity contribution is 6.21. The van der Waals surface area contributed by atoms with Crippen molar-refractivity contribution in [1.82, 2.24) is 0 Å². The maximum absolute atomic E-state index is 12.9. The number of carbonyl (C=O) groups excluding carboxylic acids is 2. The fraction of sp³-hybridized carbons (Fsp3) is 0.286. The van der Waals surface area contributed by atoms with E-state index in [1.807, 2.05) is 7.05 Å². The molecule has 0 aromatic heterocycles. The molecule has 1 N–H and O–H groups in total. The van der Waals surface area contributed by atoms with Crippen molar-refractivity contribution in [2.75, 3.05) is 18.5 Å². The zero-order chi connectivity index (χ0) is 14.0. The molecule has 1 saturated heterocycles. The minimum atomic E-state index is -0.395. The molecule has 0 spiro atoms. The average molecular weight is 263 g/mol. The number of hydrogen-bond donors (Lipinski definition) is 1. The Kier molecular flexibility index (Phi) is 3.76. The average Bonchev–Trinajstić information content (AvgIpc) is 2.67. The zero-order valence-corrected chi connectivity index (χ0v) is 10.7. The summed E-state index contributed by atoms with van der Waals surface area (Å²) in [5.41, 5.74) is 0.422. The first-order valence-electron chi connectivity index (χ1n) is 6.10. The fourth-order valence-electron chi connectivity index (χ4n) is 2.25. The maximum Gasteiger partial charge on any atom is 0.292 e. The summed E-state index contributed by atoms with van der Waals surface area (Å²) in [7, 11) is 1.85. The second kappa shape index (κ2) is 5.32. The van der Waals surface area contributed by atoms with Crippen LogP contribution in [0, 0.1) is 5.82 Å². The number of hydrogen-bond acceptors (Lipinski definition) is 2. The van der Waals surface area contributed by atoms with Crippen molar-refractivity contribution in [3.63, 3.8) is 0 Å². The minimum Gasteiger partial charge on any atom is -0.323 e. The Hall–Kier alpha value is -2.01. The molecule has 5 heteroatoms. The molecule has 1 aromatic rings. The second-order valence-electron chi connectivity index (χ2n) is 4.64. The largest absolute Gasteiger partial charge is 0.323 e. The van der Waals surface area contributed by atoms with Gasteiger partial charge in [0.15, 0.2) is 6.04 Å². The number of rotatable bonds is 4. The van der Waals surface area contributed by atoms with Crippen LogP contribution in [0.1, 0.15) is 6.42 Å². The molecule has 1 fully saturated rings. The van der Waals surface area contributed by atoms with Crippen LogP contribution in [0.15, 0.2) is 36.9 Å². The summed E-state index contributed by atoms with van der Waals surface area (Å²) in [6, 6.07) is 4.97. The van der Waals surface area contributed by atoms with E-state index in [-0.39, 0.29) is 18.2 Å². The van der Waals surface area contributed by atoms with Crippen molar-refractivity contribution in [3.05, 3.63) is 42.7 Å². The molecule has 19 heavy (non-hydrogen) atoms. The van der Waals surface area contributed by atoms with Crippen LogP contribution in [-0.4, -0.2) is 31.4 Å². The van der Waals surface area contributed by atoms with Crippen molar-refractivity contribution in [2.24, 2.45) is 0 Å². The molecule has 0 bridgehead atoms. The third-order valence-electron chi connectivity index (χ3n) is 3.29. The summed E-state index contributed by atoms with van der Waals surface area (Å²) in [5, 5.41) is 0. The SMILES string of the molecule is C=CC[NH+](C)[C@H]1CC(=O)N(c2ccc(F)cc2)C1=O. The molecule has 1 heterocycles. The lowest BCUT2D eigenvalue weighted by atomic mass is 10.2. The molecule has 2 atom stereocenters. The number of carbonyl (C=O) groups is 2. The quantitative estimate of drug-likeness (QED) is 0.621. The first-order valence-corrected chi connectivity index (χ1v) is 6.10. The third-order valence-corrected chi connectivity index (χ3v) is 3.29. The van der Waals surface area contributed by atoms with Gasteiger partial charge in [-0.2, -0.15) is 0 Å². The number of nitrogens with zero attached hydrogens (tertiary/aromatic N) is 1. The van der Waals surface area contributed by atoms with E-state index < -0.39 is 11.9 Å². The van der Waals surface area contributed by atoms with Crippen LogP contribution in [0.3, 0.4) is 0 Å². The van der Waals surface area contributed by atoms with E-state index >= 15 is 0 Å². The molecule has 4 nitrogen and oxygen atoms in total. The Morgan fingerprint density at radius 2 is 2.05 bits per heavy atom. The highest BCUT2D eigenvalue weighted by Gasteiger charge is 2.44. The number of amides is 2. The first kappa shape index (κ1) is 13.4. The summed E-state index contributed by atoms with van der Waals surface area (Å²) < 4.78 is 12.9. The van der Waals surface area contributed by atoms with Gasteiger partial charge < -0.3 is 4.90 Å². The Balaban J connectivity index is 2.23. The van der Waals surface area contributed by atoms with Crippen LogP contribution < -0.4 is 9.80 Å². The predicted molar refractivity (Wildman–Crippen MR) is 69.2 cm³/mol. The van der Waals surface area contributed by atoms with Gasteiger partial charge in [-0.15, -0.1) is 0 Å². The van der Waals surface area contributed by atoms with Crippen LogP contribution in [-0.2, 0) is 9.59 Å². The predicted octanol–water partition coefficient (Wildman–Crippen LogP) is 0.158. The van der Waals surface area contributed by atoms with Crippen LogP contribution in [0.4, 0.5) is 10.1 Å². The van der Waals surface area contributed by atoms with Crippen LogP contribution in [0.5, 0.6) is 0 Å². The molecule has 1 aliphatic rings. The highest BCUT2D eigenvalue weighted by atomic mass is 19.1. The Labute approximate surface area is 111 Å². The first-order chi connectivity index (χ1) is 9.04.